The first-order valence-electron chi connectivity index (χ1n) is 2.04. The van der Waals surface area contributed by atoms with Crippen LogP contribution in [-0.4, -0.2) is 75.4 Å². The van der Waals surface area contributed by atoms with Crippen molar-refractivity contribution in [2.45, 2.75) is 0 Å². The third kappa shape index (κ3) is 39.4. The van der Waals surface area contributed by atoms with Crippen LogP contribution in [-0.2, 0) is 9.47 Å². The quantitative estimate of drug-likeness (QED) is 0.363. The summed E-state index contributed by atoms with van der Waals surface area (Å²) in [6.45, 7) is 0. The molecule has 0 radical (unpaired) electrons. The van der Waals surface area contributed by atoms with E-state index in [9.17, 15) is 0 Å². The zero-order valence-electron chi connectivity index (χ0n) is 6.16. The van der Waals surface area contributed by atoms with Crippen molar-refractivity contribution in [1.29, 1.82) is 0 Å². The molecule has 0 atom stereocenters. The van der Waals surface area contributed by atoms with E-state index in [1.54, 1.807) is 0 Å². The molecule has 0 aliphatic rings. The SMILES string of the molecule is COC(=O)[O-].COC(=O)[O-].[Ba+2]. The Morgan fingerprint density at radius 2 is 1.09 bits per heavy atom. The van der Waals surface area contributed by atoms with Gasteiger partial charge in [0, 0.05) is 14.2 Å². The van der Waals surface area contributed by atoms with Gasteiger partial charge in [0.15, 0.2) is 0 Å². The zero-order valence-corrected chi connectivity index (χ0v) is 10.6. The molecule has 0 aromatic carbocycles. The monoisotopic (exact) mass is 288 g/mol. The van der Waals surface area contributed by atoms with E-state index in [4.69, 9.17) is 19.8 Å². The van der Waals surface area contributed by atoms with Crippen LogP contribution in [0.4, 0.5) is 9.59 Å². The fraction of sp³-hybridized carbons (Fsp3) is 0.500. The van der Waals surface area contributed by atoms with Crippen LogP contribution in [0.3, 0.4) is 0 Å². The Hall–Kier alpha value is 0.111. The van der Waals surface area contributed by atoms with E-state index in [2.05, 4.69) is 9.47 Å². The van der Waals surface area contributed by atoms with E-state index < -0.39 is 12.3 Å². The summed E-state index contributed by atoms with van der Waals surface area (Å²) in [7, 11) is 2.07. The minimum absolute atomic E-state index is 0. The Balaban J connectivity index is -0.000000107. The van der Waals surface area contributed by atoms with Gasteiger partial charge < -0.3 is 29.3 Å². The van der Waals surface area contributed by atoms with Crippen LogP contribution >= 0.6 is 0 Å². The largest absolute Gasteiger partial charge is 2.00 e. The number of hydrogen-bond acceptors (Lipinski definition) is 6. The molecule has 0 aliphatic heterocycles. The van der Waals surface area contributed by atoms with Gasteiger partial charge in [-0.15, -0.1) is 0 Å². The maximum absolute atomic E-state index is 9.03. The second-order valence-electron chi connectivity index (χ2n) is 0.908. The molecule has 11 heavy (non-hydrogen) atoms. The summed E-state index contributed by atoms with van der Waals surface area (Å²) in [6.07, 6.45) is -2.99. The molecule has 0 aromatic rings. The predicted octanol–water partition coefficient (Wildman–Crippen LogP) is -2.43. The molecule has 0 N–H and O–H groups in total. The standard InChI is InChI=1S/2C2H4O3.Ba/c2*1-5-2(3)4;/h2*1H3,(H,3,4);/q;;+2/p-2. The Morgan fingerprint density at radius 1 is 1.00 bits per heavy atom. The summed E-state index contributed by atoms with van der Waals surface area (Å²) in [6, 6.07) is 0. The summed E-state index contributed by atoms with van der Waals surface area (Å²) < 4.78 is 7.11. The molecule has 7 heteroatoms. The van der Waals surface area contributed by atoms with Crippen molar-refractivity contribution >= 4 is 61.2 Å². The summed E-state index contributed by atoms with van der Waals surface area (Å²) in [5, 5.41) is 18.1. The van der Waals surface area contributed by atoms with Gasteiger partial charge in [-0.25, -0.2) is 0 Å². The average molecular weight is 287 g/mol. The fourth-order valence-electron chi connectivity index (χ4n) is 0. The van der Waals surface area contributed by atoms with Crippen molar-refractivity contribution in [1.82, 2.24) is 0 Å². The number of carbonyl (C=O) groups excluding carboxylic acids is 2. The number of rotatable bonds is 0. The second-order valence-corrected chi connectivity index (χ2v) is 0.908. The normalized spacial score (nSPS) is 6.00. The molecule has 0 aromatic heterocycles. The molecular weight excluding hydrogens is 281 g/mol. The van der Waals surface area contributed by atoms with Gasteiger partial charge in [0.05, 0.1) is 0 Å². The summed E-state index contributed by atoms with van der Waals surface area (Å²) in [5.74, 6) is 0. The van der Waals surface area contributed by atoms with Crippen LogP contribution in [0.2, 0.25) is 0 Å². The van der Waals surface area contributed by atoms with Crippen molar-refractivity contribution in [2.75, 3.05) is 14.2 Å². The van der Waals surface area contributed by atoms with Crippen molar-refractivity contribution in [3.05, 3.63) is 0 Å². The second kappa shape index (κ2) is 12.8. The molecule has 6 nitrogen and oxygen atoms in total. The molecule has 0 amide bonds. The number of ether oxygens (including phenoxy) is 2. The molecule has 0 spiro atoms. The molecule has 0 saturated carbocycles. The maximum Gasteiger partial charge on any atom is 2.00 e. The van der Waals surface area contributed by atoms with Crippen molar-refractivity contribution in [3.63, 3.8) is 0 Å². The molecule has 60 valence electrons. The molecule has 0 bridgehead atoms. The van der Waals surface area contributed by atoms with Crippen LogP contribution in [0, 0.1) is 0 Å². The van der Waals surface area contributed by atoms with E-state index in [-0.39, 0.29) is 48.9 Å². The summed E-state index contributed by atoms with van der Waals surface area (Å²) in [5.41, 5.74) is 0. The zero-order chi connectivity index (χ0) is 8.57. The first-order valence-corrected chi connectivity index (χ1v) is 2.04. The van der Waals surface area contributed by atoms with E-state index in [1.807, 2.05) is 0 Å². The average Bonchev–Trinajstić information content (AvgIpc) is 1.89. The third-order valence-corrected chi connectivity index (χ3v) is 0.333. The summed E-state index contributed by atoms with van der Waals surface area (Å²) in [4.78, 5) is 18.1. The molecule has 0 aliphatic carbocycles. The molecule has 0 fully saturated rings. The minimum atomic E-state index is -1.50. The number of methoxy groups -OCH3 is 2. The van der Waals surface area contributed by atoms with Gasteiger partial charge in [-0.2, -0.15) is 0 Å². The Morgan fingerprint density at radius 3 is 1.09 bits per heavy atom. The first kappa shape index (κ1) is 17.3. The van der Waals surface area contributed by atoms with Gasteiger partial charge in [-0.1, -0.05) is 0 Å². The van der Waals surface area contributed by atoms with Crippen LogP contribution in [0.5, 0.6) is 0 Å². The van der Waals surface area contributed by atoms with Crippen LogP contribution < -0.4 is 10.2 Å². The molecule has 0 rings (SSSR count). The topological polar surface area (TPSA) is 98.7 Å². The maximum atomic E-state index is 9.03. The minimum Gasteiger partial charge on any atom is -0.553 e. The van der Waals surface area contributed by atoms with E-state index in [1.165, 1.54) is 0 Å². The Kier molecular flexibility index (Phi) is 20.0. The number of carboxylic acid groups (broad SMARTS) is 2. The molecule has 0 unspecified atom stereocenters. The van der Waals surface area contributed by atoms with Gasteiger partial charge in [0.25, 0.3) is 12.3 Å². The van der Waals surface area contributed by atoms with Gasteiger partial charge in [0.2, 0.25) is 0 Å². The van der Waals surface area contributed by atoms with Gasteiger partial charge in [-0.3, -0.25) is 0 Å². The fourth-order valence-corrected chi connectivity index (χ4v) is 0. The third-order valence-electron chi connectivity index (χ3n) is 0.333. The van der Waals surface area contributed by atoms with Gasteiger partial charge in [0.1, 0.15) is 0 Å². The van der Waals surface area contributed by atoms with E-state index in [0.717, 1.165) is 14.2 Å². The first-order chi connectivity index (χ1) is 4.54. The van der Waals surface area contributed by atoms with E-state index in [0.29, 0.717) is 0 Å². The van der Waals surface area contributed by atoms with Crippen molar-refractivity contribution in [3.8, 4) is 0 Å². The molecule has 0 heterocycles. The molecule has 0 saturated heterocycles. The number of hydrogen-bond donors (Lipinski definition) is 0. The van der Waals surface area contributed by atoms with Gasteiger partial charge >= 0.3 is 48.9 Å². The van der Waals surface area contributed by atoms with Crippen LogP contribution in [0.15, 0.2) is 0 Å². The smallest absolute Gasteiger partial charge is 0.553 e. The van der Waals surface area contributed by atoms with Crippen molar-refractivity contribution in [2.24, 2.45) is 0 Å². The number of carbonyl (C=O) groups is 2. The predicted molar refractivity (Wildman–Crippen MR) is 30.6 cm³/mol. The van der Waals surface area contributed by atoms with Gasteiger partial charge in [-0.05, 0) is 0 Å². The summed E-state index contributed by atoms with van der Waals surface area (Å²) >= 11 is 0. The van der Waals surface area contributed by atoms with E-state index >= 15 is 0 Å². The van der Waals surface area contributed by atoms with Crippen LogP contribution in [0.1, 0.15) is 0 Å². The molecular formula is C4H6BaO6. The Bertz CT molecular complexity index is 99.1. The van der Waals surface area contributed by atoms with Crippen molar-refractivity contribution < 1.29 is 29.3 Å². The van der Waals surface area contributed by atoms with Crippen LogP contribution in [0.25, 0.3) is 0 Å². The Labute approximate surface area is 104 Å².